The Hall–Kier alpha value is -1.94. The van der Waals surface area contributed by atoms with Crippen LogP contribution in [-0.2, 0) is 65.4 Å². The predicted octanol–water partition coefficient (Wildman–Crippen LogP) is 23.5. The number of hydrogen-bond donors (Lipinski definition) is 3. The van der Waals surface area contributed by atoms with Gasteiger partial charge < -0.3 is 33.8 Å². The van der Waals surface area contributed by atoms with Gasteiger partial charge in [0.05, 0.1) is 26.4 Å². The highest BCUT2D eigenvalue weighted by molar-refractivity contribution is 7.47. The van der Waals surface area contributed by atoms with Crippen molar-refractivity contribution < 1.29 is 80.2 Å². The van der Waals surface area contributed by atoms with Gasteiger partial charge >= 0.3 is 39.5 Å². The molecule has 0 saturated heterocycles. The lowest BCUT2D eigenvalue weighted by Crippen LogP contribution is -2.30. The second kappa shape index (κ2) is 70.7. The Morgan fingerprint density at radius 2 is 0.520 bits per heavy atom. The number of carbonyl (C=O) groups is 4. The van der Waals surface area contributed by atoms with E-state index in [1.165, 1.54) is 231 Å². The summed E-state index contributed by atoms with van der Waals surface area (Å²) in [5.41, 5.74) is 0. The third-order valence-corrected chi connectivity index (χ3v) is 20.7. The molecule has 0 aromatic heterocycles. The van der Waals surface area contributed by atoms with Crippen LogP contribution in [0, 0.1) is 11.8 Å². The summed E-state index contributed by atoms with van der Waals surface area (Å²) in [4.78, 5) is 73.0. The van der Waals surface area contributed by atoms with E-state index in [2.05, 4.69) is 41.5 Å². The number of esters is 4. The van der Waals surface area contributed by atoms with Crippen LogP contribution in [0.1, 0.15) is 414 Å². The fourth-order valence-electron chi connectivity index (χ4n) is 12.2. The number of unbranched alkanes of at least 4 members (excludes halogenated alkanes) is 47. The SMILES string of the molecule is CCCCCCCCCCCCCCCCCCCC(=O)O[C@H](COC(=O)CCCCCCCCCCCCCCC(C)C)COP(=O)(O)OC[C@@H](O)COP(=O)(O)OC[C@@H](COC(=O)CCCCCCCCCCCCCC)OC(=O)CCCCCCCCCCCCC(C)CC. The third kappa shape index (κ3) is 71.1. The summed E-state index contributed by atoms with van der Waals surface area (Å²) in [6.45, 7) is 9.66. The van der Waals surface area contributed by atoms with Gasteiger partial charge in [-0.05, 0) is 37.5 Å². The van der Waals surface area contributed by atoms with Gasteiger partial charge in [0, 0.05) is 25.7 Å². The lowest BCUT2D eigenvalue weighted by molar-refractivity contribution is -0.161. The van der Waals surface area contributed by atoms with Crippen LogP contribution in [0.15, 0.2) is 0 Å². The minimum Gasteiger partial charge on any atom is -0.462 e. The van der Waals surface area contributed by atoms with Gasteiger partial charge in [-0.1, -0.05) is 363 Å². The van der Waals surface area contributed by atoms with Crippen molar-refractivity contribution in [1.82, 2.24) is 0 Å². The van der Waals surface area contributed by atoms with Crippen LogP contribution in [0.2, 0.25) is 0 Å². The molecular formula is C79H154O17P2. The molecular weight excluding hydrogens is 1280 g/mol. The van der Waals surface area contributed by atoms with Crippen molar-refractivity contribution in [2.24, 2.45) is 11.8 Å². The number of phosphoric acid groups is 2. The van der Waals surface area contributed by atoms with Crippen molar-refractivity contribution in [3.8, 4) is 0 Å². The second-order valence-corrected chi connectivity index (χ2v) is 32.1. The van der Waals surface area contributed by atoms with E-state index in [0.717, 1.165) is 102 Å². The average molecular weight is 1440 g/mol. The number of hydrogen-bond acceptors (Lipinski definition) is 15. The van der Waals surface area contributed by atoms with Crippen LogP contribution in [-0.4, -0.2) is 96.7 Å². The van der Waals surface area contributed by atoms with Crippen molar-refractivity contribution in [2.45, 2.75) is 432 Å². The monoisotopic (exact) mass is 1440 g/mol. The maximum Gasteiger partial charge on any atom is 0.472 e. The summed E-state index contributed by atoms with van der Waals surface area (Å²) >= 11 is 0. The van der Waals surface area contributed by atoms with E-state index >= 15 is 0 Å². The lowest BCUT2D eigenvalue weighted by atomic mass is 9.99. The van der Waals surface area contributed by atoms with Crippen molar-refractivity contribution in [1.29, 1.82) is 0 Å². The van der Waals surface area contributed by atoms with Crippen molar-refractivity contribution in [2.75, 3.05) is 39.6 Å². The summed E-state index contributed by atoms with van der Waals surface area (Å²) in [6, 6.07) is 0. The summed E-state index contributed by atoms with van der Waals surface area (Å²) in [5.74, 6) is -0.524. The fourth-order valence-corrected chi connectivity index (χ4v) is 13.7. The van der Waals surface area contributed by atoms with E-state index in [4.69, 9.17) is 37.0 Å². The highest BCUT2D eigenvalue weighted by Gasteiger charge is 2.30. The lowest BCUT2D eigenvalue weighted by Gasteiger charge is -2.21. The van der Waals surface area contributed by atoms with Crippen LogP contribution in [0.5, 0.6) is 0 Å². The highest BCUT2D eigenvalue weighted by Crippen LogP contribution is 2.45. The highest BCUT2D eigenvalue weighted by atomic mass is 31.2. The Bertz CT molecular complexity index is 1890. The Labute approximate surface area is 600 Å². The number of aliphatic hydroxyl groups excluding tert-OH is 1. The van der Waals surface area contributed by atoms with Crippen LogP contribution in [0.3, 0.4) is 0 Å². The van der Waals surface area contributed by atoms with Gasteiger partial charge in [-0.2, -0.15) is 0 Å². The van der Waals surface area contributed by atoms with Crippen molar-refractivity contribution in [3.63, 3.8) is 0 Å². The first-order valence-electron chi connectivity index (χ1n) is 41.0. The quantitative estimate of drug-likeness (QED) is 0.0222. The maximum absolute atomic E-state index is 13.1. The zero-order valence-electron chi connectivity index (χ0n) is 64.1. The molecule has 98 heavy (non-hydrogen) atoms. The van der Waals surface area contributed by atoms with Gasteiger partial charge in [0.25, 0.3) is 0 Å². The van der Waals surface area contributed by atoms with E-state index in [1.54, 1.807) is 0 Å². The standard InChI is InChI=1S/C79H154O17P2/c1-7-10-12-14-16-18-20-22-23-24-25-26-32-39-45-51-57-63-78(83)95-74(67-90-77(82)62-56-50-44-38-31-28-27-29-35-41-47-53-59-71(4)5)69-93-97(85,86)91-65-73(80)66-92-98(87,88)94-70-75(68-89-76(81)61-55-49-43-37-30-21-19-17-15-13-11-8-2)96-79(84)64-58-52-46-40-34-33-36-42-48-54-60-72(6)9-3/h71-75,80H,7-70H2,1-6H3,(H,85,86)(H,87,88)/t72?,73-,74-,75-/m1/s1. The van der Waals surface area contributed by atoms with Crippen molar-refractivity contribution in [3.05, 3.63) is 0 Å². The van der Waals surface area contributed by atoms with Crippen LogP contribution < -0.4 is 0 Å². The topological polar surface area (TPSA) is 237 Å². The van der Waals surface area contributed by atoms with E-state index < -0.39 is 97.5 Å². The minimum atomic E-state index is -4.96. The summed E-state index contributed by atoms with van der Waals surface area (Å²) < 4.78 is 68.7. The molecule has 19 heteroatoms. The molecule has 0 aromatic rings. The largest absolute Gasteiger partial charge is 0.472 e. The molecule has 0 amide bonds. The number of carbonyl (C=O) groups excluding carboxylic acids is 4. The van der Waals surface area contributed by atoms with Gasteiger partial charge in [0.2, 0.25) is 0 Å². The van der Waals surface area contributed by atoms with Gasteiger partial charge in [-0.3, -0.25) is 37.3 Å². The van der Waals surface area contributed by atoms with E-state index in [9.17, 15) is 43.2 Å². The molecule has 0 aliphatic heterocycles. The van der Waals surface area contributed by atoms with Gasteiger partial charge in [0.15, 0.2) is 12.2 Å². The first kappa shape index (κ1) is 96.1. The number of aliphatic hydroxyl groups is 1. The molecule has 6 atom stereocenters. The maximum atomic E-state index is 13.1. The van der Waals surface area contributed by atoms with Gasteiger partial charge in [-0.15, -0.1) is 0 Å². The summed E-state index contributed by atoms with van der Waals surface area (Å²) in [6.07, 6.45) is 59.4. The van der Waals surface area contributed by atoms with E-state index in [0.29, 0.717) is 25.7 Å². The fraction of sp³-hybridized carbons (Fsp3) is 0.949. The average Bonchev–Trinajstić information content (AvgIpc) is 0.947. The molecule has 0 bridgehead atoms. The zero-order valence-corrected chi connectivity index (χ0v) is 65.9. The summed E-state index contributed by atoms with van der Waals surface area (Å²) in [5, 5.41) is 10.6. The molecule has 0 heterocycles. The van der Waals surface area contributed by atoms with Crippen molar-refractivity contribution >= 4 is 39.5 Å². The van der Waals surface area contributed by atoms with E-state index in [-0.39, 0.29) is 25.7 Å². The van der Waals surface area contributed by atoms with Gasteiger partial charge in [-0.25, -0.2) is 9.13 Å². The first-order chi connectivity index (χ1) is 47.4. The normalized spacial score (nSPS) is 14.2. The van der Waals surface area contributed by atoms with E-state index in [1.807, 2.05) is 0 Å². The zero-order chi connectivity index (χ0) is 72.1. The number of rotatable bonds is 78. The Morgan fingerprint density at radius 1 is 0.296 bits per heavy atom. The molecule has 0 aromatic carbocycles. The number of phosphoric ester groups is 2. The van der Waals surface area contributed by atoms with Crippen LogP contribution in [0.25, 0.3) is 0 Å². The molecule has 0 aliphatic carbocycles. The minimum absolute atomic E-state index is 0.107. The molecule has 0 rings (SSSR count). The first-order valence-corrected chi connectivity index (χ1v) is 44.0. The molecule has 17 nitrogen and oxygen atoms in total. The Balaban J connectivity index is 5.27. The summed E-state index contributed by atoms with van der Waals surface area (Å²) in [7, 11) is -9.92. The predicted molar refractivity (Wildman–Crippen MR) is 400 cm³/mol. The number of ether oxygens (including phenoxy) is 4. The molecule has 3 N–H and O–H groups in total. The molecule has 0 aliphatic rings. The van der Waals surface area contributed by atoms with Gasteiger partial charge in [0.1, 0.15) is 19.3 Å². The molecule has 582 valence electrons. The molecule has 0 radical (unpaired) electrons. The molecule has 0 fully saturated rings. The van der Waals surface area contributed by atoms with Crippen LogP contribution >= 0.6 is 15.6 Å². The third-order valence-electron chi connectivity index (χ3n) is 18.8. The second-order valence-electron chi connectivity index (χ2n) is 29.2. The molecule has 3 unspecified atom stereocenters. The van der Waals surface area contributed by atoms with Crippen LogP contribution in [0.4, 0.5) is 0 Å². The Kier molecular flexibility index (Phi) is 69.3. The Morgan fingerprint density at radius 3 is 0.776 bits per heavy atom. The molecule has 0 spiro atoms. The smallest absolute Gasteiger partial charge is 0.462 e. The molecule has 0 saturated carbocycles.